The van der Waals surface area contributed by atoms with E-state index < -0.39 is 21.3 Å². The fourth-order valence-electron chi connectivity index (χ4n) is 3.67. The highest BCUT2D eigenvalue weighted by Gasteiger charge is 2.48. The predicted molar refractivity (Wildman–Crippen MR) is 64.9 cm³/mol. The van der Waals surface area contributed by atoms with Crippen molar-refractivity contribution < 1.29 is 17.2 Å². The van der Waals surface area contributed by atoms with Gasteiger partial charge in [-0.3, -0.25) is 4.21 Å². The number of hydrogen-bond acceptors (Lipinski definition) is 5. The summed E-state index contributed by atoms with van der Waals surface area (Å²) in [5, 5.41) is 2.92. The summed E-state index contributed by atoms with van der Waals surface area (Å²) in [6.07, 6.45) is 4.64. The third-order valence-corrected chi connectivity index (χ3v) is 6.28. The normalized spacial score (nSPS) is 35.3. The number of allylic oxidation sites excluding steroid dienone is 2. The van der Waals surface area contributed by atoms with E-state index in [2.05, 4.69) is 5.32 Å². The Kier molecular flexibility index (Phi) is 3.00. The molecule has 102 valence electrons. The van der Waals surface area contributed by atoms with E-state index in [9.17, 15) is 17.2 Å². The van der Waals surface area contributed by atoms with Crippen LogP contribution in [0.4, 0.5) is 0 Å². The molecule has 3 atom stereocenters. The van der Waals surface area contributed by atoms with E-state index in [1.54, 1.807) is 0 Å². The van der Waals surface area contributed by atoms with Crippen LogP contribution in [0.25, 0.3) is 0 Å². The average molecular weight is 291 g/mol. The van der Waals surface area contributed by atoms with E-state index in [4.69, 9.17) is 0 Å². The van der Waals surface area contributed by atoms with Crippen LogP contribution in [-0.2, 0) is 21.3 Å². The molecule has 0 aromatic rings. The Morgan fingerprint density at radius 1 is 1.28 bits per heavy atom. The van der Waals surface area contributed by atoms with Gasteiger partial charge in [0.1, 0.15) is 5.88 Å². The van der Waals surface area contributed by atoms with Crippen LogP contribution < -0.4 is 9.44 Å². The van der Waals surface area contributed by atoms with Crippen molar-refractivity contribution >= 4 is 21.3 Å². The number of sulfonamides is 1. The lowest BCUT2D eigenvalue weighted by molar-refractivity contribution is 0.119. The Balaban J connectivity index is 1.67. The molecule has 5 aliphatic carbocycles. The topological polar surface area (TPSA) is 98.3 Å². The van der Waals surface area contributed by atoms with Crippen LogP contribution in [0.5, 0.6) is 0 Å². The van der Waals surface area contributed by atoms with Crippen LogP contribution in [-0.4, -0.2) is 23.1 Å². The highest BCUT2D eigenvalue weighted by molar-refractivity contribution is 7.99. The van der Waals surface area contributed by atoms with E-state index >= 15 is 0 Å². The molecule has 3 saturated carbocycles. The first kappa shape index (κ1) is 12.6. The first-order chi connectivity index (χ1) is 8.44. The summed E-state index contributed by atoms with van der Waals surface area (Å²) in [5.41, 5.74) is 2.44. The molecule has 0 aromatic carbocycles. The van der Waals surface area contributed by atoms with Crippen molar-refractivity contribution in [1.29, 1.82) is 0 Å². The Labute approximate surface area is 109 Å². The zero-order valence-electron chi connectivity index (χ0n) is 9.72. The molecule has 18 heavy (non-hydrogen) atoms. The largest absolute Gasteiger partial charge is 0.759 e. The van der Waals surface area contributed by atoms with Crippen LogP contribution in [0.15, 0.2) is 11.3 Å². The third kappa shape index (κ3) is 2.22. The summed E-state index contributed by atoms with van der Waals surface area (Å²) >= 11 is -2.79. The maximum Gasteiger partial charge on any atom is 0.239 e. The minimum Gasteiger partial charge on any atom is -0.759 e. The SMILES string of the molecule is O=S([O-])NS(=O)(=O)CNC1=C2C3CC(C1)CC2C3. The average Bonchev–Trinajstić information content (AvgIpc) is 2.24. The summed E-state index contributed by atoms with van der Waals surface area (Å²) in [6, 6.07) is 0. The summed E-state index contributed by atoms with van der Waals surface area (Å²) in [5.74, 6) is 1.60. The van der Waals surface area contributed by atoms with Crippen LogP contribution >= 0.6 is 0 Å². The fraction of sp³-hybridized carbons (Fsp3) is 0.800. The fourth-order valence-corrected chi connectivity index (χ4v) is 5.10. The van der Waals surface area contributed by atoms with Crippen LogP contribution in [0.3, 0.4) is 0 Å². The molecule has 0 aliphatic heterocycles. The predicted octanol–water partition coefficient (Wildman–Crippen LogP) is -0.0491. The van der Waals surface area contributed by atoms with E-state index in [0.717, 1.165) is 12.1 Å². The molecule has 5 rings (SSSR count). The molecule has 0 amide bonds. The third-order valence-electron chi connectivity index (χ3n) is 4.20. The molecule has 0 radical (unpaired) electrons. The maximum atomic E-state index is 11.4. The van der Waals surface area contributed by atoms with Crippen molar-refractivity contribution in [3.05, 3.63) is 11.3 Å². The summed E-state index contributed by atoms with van der Waals surface area (Å²) < 4.78 is 45.0. The van der Waals surface area contributed by atoms with E-state index in [-0.39, 0.29) is 5.88 Å². The molecule has 3 fully saturated rings. The lowest BCUT2D eigenvalue weighted by Crippen LogP contribution is -2.46. The van der Waals surface area contributed by atoms with Gasteiger partial charge in [0.2, 0.25) is 10.0 Å². The zero-order chi connectivity index (χ0) is 12.9. The van der Waals surface area contributed by atoms with Crippen molar-refractivity contribution in [2.24, 2.45) is 17.8 Å². The molecule has 8 heteroatoms. The highest BCUT2D eigenvalue weighted by atomic mass is 32.3. The Morgan fingerprint density at radius 3 is 2.50 bits per heavy atom. The van der Waals surface area contributed by atoms with Crippen molar-refractivity contribution in [1.82, 2.24) is 9.44 Å². The Morgan fingerprint density at radius 2 is 1.94 bits per heavy atom. The second-order valence-electron chi connectivity index (χ2n) is 5.36. The quantitative estimate of drug-likeness (QED) is 0.692. The van der Waals surface area contributed by atoms with Crippen LogP contribution in [0, 0.1) is 17.8 Å². The van der Waals surface area contributed by atoms with Gasteiger partial charge in [-0.1, -0.05) is 0 Å². The first-order valence-corrected chi connectivity index (χ1v) is 8.73. The molecule has 4 bridgehead atoms. The molecule has 0 spiro atoms. The molecular formula is C10H15N2O4S2-. The zero-order valence-corrected chi connectivity index (χ0v) is 11.4. The number of rotatable bonds is 5. The molecular weight excluding hydrogens is 276 g/mol. The van der Waals surface area contributed by atoms with E-state index in [1.165, 1.54) is 29.0 Å². The van der Waals surface area contributed by atoms with Crippen LogP contribution in [0.2, 0.25) is 0 Å². The van der Waals surface area contributed by atoms with Crippen molar-refractivity contribution in [2.75, 3.05) is 5.88 Å². The molecule has 2 N–H and O–H groups in total. The van der Waals surface area contributed by atoms with E-state index in [0.29, 0.717) is 17.8 Å². The van der Waals surface area contributed by atoms with Gasteiger partial charge < -0.3 is 9.87 Å². The summed E-state index contributed by atoms with van der Waals surface area (Å²) in [6.45, 7) is 0. The lowest BCUT2D eigenvalue weighted by Gasteiger charge is -2.53. The second kappa shape index (κ2) is 4.29. The van der Waals surface area contributed by atoms with E-state index in [1.807, 2.05) is 0 Å². The standard InChI is InChI=1S/C10H16N2O4S2/c13-17(14)12-18(15,16)5-11-9-3-6-1-7-4-8(2-6)10(7)9/h6-8,11-12H,1-5H2,(H,13,14)/p-1. The Hall–Kier alpha value is -0.440. The van der Waals surface area contributed by atoms with Gasteiger partial charge in [0.05, 0.1) is 0 Å². The smallest absolute Gasteiger partial charge is 0.239 e. The highest BCUT2D eigenvalue weighted by Crippen LogP contribution is 2.58. The monoisotopic (exact) mass is 291 g/mol. The van der Waals surface area contributed by atoms with Gasteiger partial charge in [-0.25, -0.2) is 8.42 Å². The van der Waals surface area contributed by atoms with Gasteiger partial charge in [-0.05, 0) is 49.0 Å². The van der Waals surface area contributed by atoms with Gasteiger partial charge in [-0.15, -0.1) is 4.13 Å². The second-order valence-corrected chi connectivity index (χ2v) is 8.01. The number of hydrogen-bond donors (Lipinski definition) is 2. The van der Waals surface area contributed by atoms with Crippen molar-refractivity contribution in [2.45, 2.75) is 25.7 Å². The van der Waals surface area contributed by atoms with Crippen LogP contribution in [0.1, 0.15) is 25.7 Å². The maximum absolute atomic E-state index is 11.4. The minimum absolute atomic E-state index is 0.369. The first-order valence-electron chi connectivity index (χ1n) is 6.01. The van der Waals surface area contributed by atoms with Gasteiger partial charge in [0.25, 0.3) is 0 Å². The molecule has 5 aliphatic rings. The van der Waals surface area contributed by atoms with Gasteiger partial charge in [0.15, 0.2) is 0 Å². The number of nitrogens with one attached hydrogen (secondary N) is 2. The molecule has 6 nitrogen and oxygen atoms in total. The minimum atomic E-state index is -3.81. The Bertz CT molecular complexity index is 514. The van der Waals surface area contributed by atoms with Gasteiger partial charge in [0, 0.05) is 17.0 Å². The molecule has 3 unspecified atom stereocenters. The molecule has 0 heterocycles. The molecule has 0 aromatic heterocycles. The molecule has 0 saturated heterocycles. The summed E-state index contributed by atoms with van der Waals surface area (Å²) in [4.78, 5) is 0. The number of fused-ring (bicyclic) bond motifs is 1. The van der Waals surface area contributed by atoms with Crippen molar-refractivity contribution in [3.63, 3.8) is 0 Å². The van der Waals surface area contributed by atoms with Crippen molar-refractivity contribution in [3.8, 4) is 0 Å². The van der Waals surface area contributed by atoms with Gasteiger partial charge >= 0.3 is 0 Å². The lowest BCUT2D eigenvalue weighted by atomic mass is 9.53. The van der Waals surface area contributed by atoms with Gasteiger partial charge in [-0.2, -0.15) is 0 Å². The summed E-state index contributed by atoms with van der Waals surface area (Å²) in [7, 11) is -3.81.